The molecule has 1 aliphatic heterocycles. The summed E-state index contributed by atoms with van der Waals surface area (Å²) in [7, 11) is 0. The largest absolute Gasteiger partial charge is 0.396 e. The Labute approximate surface area is 72.7 Å². The molecule has 3 nitrogen and oxygen atoms in total. The van der Waals surface area contributed by atoms with E-state index in [-0.39, 0.29) is 24.7 Å². The lowest BCUT2D eigenvalue weighted by molar-refractivity contribution is -0.127. The Morgan fingerprint density at radius 3 is 2.83 bits per heavy atom. The molecule has 0 unspecified atom stereocenters. The summed E-state index contributed by atoms with van der Waals surface area (Å²) in [5.74, 6) is -0.0725. The lowest BCUT2D eigenvalue weighted by Gasteiger charge is -2.36. The highest BCUT2D eigenvalue weighted by atomic mass is 16.5. The summed E-state index contributed by atoms with van der Waals surface area (Å²) in [4.78, 5) is 0. The summed E-state index contributed by atoms with van der Waals surface area (Å²) < 4.78 is 5.40. The first-order valence-electron chi connectivity index (χ1n) is 4.26. The van der Waals surface area contributed by atoms with E-state index in [9.17, 15) is 5.11 Å². The van der Waals surface area contributed by atoms with Crippen molar-refractivity contribution in [2.75, 3.05) is 6.61 Å². The van der Waals surface area contributed by atoms with Crippen LogP contribution in [0.2, 0.25) is 0 Å². The van der Waals surface area contributed by atoms with Crippen LogP contribution in [0, 0.1) is 5.92 Å². The van der Waals surface area contributed by atoms with Gasteiger partial charge < -0.3 is 14.9 Å². The van der Waals surface area contributed by atoms with Crippen molar-refractivity contribution in [1.29, 1.82) is 0 Å². The molecule has 12 heavy (non-hydrogen) atoms. The minimum Gasteiger partial charge on any atom is -0.396 e. The maximum absolute atomic E-state index is 9.59. The fourth-order valence-electron chi connectivity index (χ4n) is 1.62. The van der Waals surface area contributed by atoms with Gasteiger partial charge in [0.2, 0.25) is 0 Å². The summed E-state index contributed by atoms with van der Waals surface area (Å²) >= 11 is 0. The Bertz CT molecular complexity index is 158. The lowest BCUT2D eigenvalue weighted by atomic mass is 9.90. The molecule has 4 atom stereocenters. The molecular weight excluding hydrogens is 156 g/mol. The van der Waals surface area contributed by atoms with Crippen molar-refractivity contribution in [1.82, 2.24) is 0 Å². The van der Waals surface area contributed by atoms with Crippen molar-refractivity contribution in [3.05, 3.63) is 12.7 Å². The van der Waals surface area contributed by atoms with E-state index in [1.807, 2.05) is 6.92 Å². The van der Waals surface area contributed by atoms with Crippen LogP contribution in [0.5, 0.6) is 0 Å². The fourth-order valence-corrected chi connectivity index (χ4v) is 1.62. The minimum absolute atomic E-state index is 0.0131. The van der Waals surface area contributed by atoms with E-state index in [1.54, 1.807) is 6.08 Å². The average molecular weight is 172 g/mol. The molecule has 0 aromatic carbocycles. The quantitative estimate of drug-likeness (QED) is 0.590. The first-order chi connectivity index (χ1) is 5.69. The number of ether oxygens (including phenoxy) is 1. The van der Waals surface area contributed by atoms with Crippen molar-refractivity contribution in [3.8, 4) is 0 Å². The van der Waals surface area contributed by atoms with Crippen LogP contribution < -0.4 is 0 Å². The van der Waals surface area contributed by atoms with Gasteiger partial charge in [-0.2, -0.15) is 0 Å². The Kier molecular flexibility index (Phi) is 3.26. The van der Waals surface area contributed by atoms with Gasteiger partial charge in [0.05, 0.1) is 12.2 Å². The lowest BCUT2D eigenvalue weighted by Crippen LogP contribution is -2.44. The number of hydrogen-bond acceptors (Lipinski definition) is 3. The van der Waals surface area contributed by atoms with Crippen molar-refractivity contribution < 1.29 is 14.9 Å². The van der Waals surface area contributed by atoms with E-state index in [0.717, 1.165) is 0 Å². The molecule has 0 aromatic rings. The molecule has 0 saturated carbocycles. The fraction of sp³-hybridized carbons (Fsp3) is 0.778. The van der Waals surface area contributed by atoms with Crippen LogP contribution >= 0.6 is 0 Å². The molecule has 2 N–H and O–H groups in total. The average Bonchev–Trinajstić information content (AvgIpc) is 2.08. The molecule has 0 aromatic heterocycles. The molecule has 1 rings (SSSR count). The predicted octanol–water partition coefficient (Wildman–Crippen LogP) is 0.319. The van der Waals surface area contributed by atoms with Gasteiger partial charge in [0.15, 0.2) is 0 Å². The zero-order valence-corrected chi connectivity index (χ0v) is 7.31. The topological polar surface area (TPSA) is 49.7 Å². The van der Waals surface area contributed by atoms with Gasteiger partial charge in [0.1, 0.15) is 6.10 Å². The van der Waals surface area contributed by atoms with Gasteiger partial charge in [-0.05, 0) is 13.3 Å². The van der Waals surface area contributed by atoms with E-state index >= 15 is 0 Å². The van der Waals surface area contributed by atoms with E-state index in [2.05, 4.69) is 6.58 Å². The van der Waals surface area contributed by atoms with Crippen LogP contribution in [0.25, 0.3) is 0 Å². The SMILES string of the molecule is C=C[C@H]1O[C@@H](C)C[C@@H](CO)[C@@H]1O. The zero-order chi connectivity index (χ0) is 9.14. The Balaban J connectivity index is 2.60. The maximum atomic E-state index is 9.59. The van der Waals surface area contributed by atoms with E-state index in [1.165, 1.54) is 0 Å². The maximum Gasteiger partial charge on any atom is 0.102 e. The van der Waals surface area contributed by atoms with Gasteiger partial charge in [-0.3, -0.25) is 0 Å². The van der Waals surface area contributed by atoms with Crippen LogP contribution in [0.3, 0.4) is 0 Å². The Hall–Kier alpha value is -0.380. The predicted molar refractivity (Wildman–Crippen MR) is 45.7 cm³/mol. The molecule has 0 bridgehead atoms. The third kappa shape index (κ3) is 1.86. The van der Waals surface area contributed by atoms with Gasteiger partial charge in [-0.15, -0.1) is 6.58 Å². The van der Waals surface area contributed by atoms with Gasteiger partial charge in [-0.25, -0.2) is 0 Å². The molecule has 0 aliphatic carbocycles. The molecule has 70 valence electrons. The van der Waals surface area contributed by atoms with Gasteiger partial charge >= 0.3 is 0 Å². The second kappa shape index (κ2) is 4.03. The highest BCUT2D eigenvalue weighted by molar-refractivity contribution is 4.93. The van der Waals surface area contributed by atoms with E-state index in [4.69, 9.17) is 9.84 Å². The third-order valence-corrected chi connectivity index (χ3v) is 2.31. The van der Waals surface area contributed by atoms with Crippen LogP contribution in [-0.4, -0.2) is 35.1 Å². The van der Waals surface area contributed by atoms with Crippen molar-refractivity contribution >= 4 is 0 Å². The number of aliphatic hydroxyl groups excluding tert-OH is 2. The summed E-state index contributed by atoms with van der Waals surface area (Å²) in [5, 5.41) is 18.5. The molecule has 3 heteroatoms. The molecule has 1 fully saturated rings. The molecule has 1 saturated heterocycles. The summed E-state index contributed by atoms with van der Waals surface area (Å²) in [5.41, 5.74) is 0. The summed E-state index contributed by atoms with van der Waals surface area (Å²) in [6.45, 7) is 5.52. The molecule has 0 spiro atoms. The standard InChI is InChI=1S/C9H16O3/c1-3-8-9(11)7(5-10)4-6(2)12-8/h3,6-11H,1,4-5H2,2H3/t6-,7-,8+,9-/m0/s1. The number of aliphatic hydroxyl groups is 2. The molecule has 1 aliphatic rings. The highest BCUT2D eigenvalue weighted by Crippen LogP contribution is 2.25. The van der Waals surface area contributed by atoms with Crippen molar-refractivity contribution in [3.63, 3.8) is 0 Å². The monoisotopic (exact) mass is 172 g/mol. The molecule has 1 heterocycles. The van der Waals surface area contributed by atoms with Gasteiger partial charge in [0.25, 0.3) is 0 Å². The highest BCUT2D eigenvalue weighted by Gasteiger charge is 2.33. The van der Waals surface area contributed by atoms with Gasteiger partial charge in [-0.1, -0.05) is 6.08 Å². The number of hydrogen-bond donors (Lipinski definition) is 2. The second-order valence-corrected chi connectivity index (χ2v) is 3.32. The van der Waals surface area contributed by atoms with Crippen LogP contribution in [0.15, 0.2) is 12.7 Å². The third-order valence-electron chi connectivity index (χ3n) is 2.31. The minimum atomic E-state index is -0.608. The van der Waals surface area contributed by atoms with Crippen LogP contribution in [-0.2, 0) is 4.74 Å². The molecular formula is C9H16O3. The summed E-state index contributed by atoms with van der Waals surface area (Å²) in [6, 6.07) is 0. The summed E-state index contributed by atoms with van der Waals surface area (Å²) in [6.07, 6.45) is 1.45. The zero-order valence-electron chi connectivity index (χ0n) is 7.31. The first kappa shape index (κ1) is 9.71. The van der Waals surface area contributed by atoms with Crippen molar-refractivity contribution in [2.45, 2.75) is 31.7 Å². The Morgan fingerprint density at radius 1 is 1.67 bits per heavy atom. The van der Waals surface area contributed by atoms with E-state index < -0.39 is 6.10 Å². The Morgan fingerprint density at radius 2 is 2.33 bits per heavy atom. The molecule has 0 radical (unpaired) electrons. The smallest absolute Gasteiger partial charge is 0.102 e. The molecule has 0 amide bonds. The first-order valence-corrected chi connectivity index (χ1v) is 4.26. The number of rotatable bonds is 2. The van der Waals surface area contributed by atoms with Gasteiger partial charge in [0, 0.05) is 12.5 Å². The van der Waals surface area contributed by atoms with Crippen molar-refractivity contribution in [2.24, 2.45) is 5.92 Å². The normalized spacial score (nSPS) is 42.6. The van der Waals surface area contributed by atoms with Crippen LogP contribution in [0.4, 0.5) is 0 Å². The van der Waals surface area contributed by atoms with E-state index in [0.29, 0.717) is 6.42 Å². The van der Waals surface area contributed by atoms with Crippen LogP contribution in [0.1, 0.15) is 13.3 Å². The second-order valence-electron chi connectivity index (χ2n) is 3.32.